The topological polar surface area (TPSA) is 60.9 Å². The molecule has 2 aromatic rings. The smallest absolute Gasteiger partial charge is 0.272 e. The lowest BCUT2D eigenvalue weighted by Crippen LogP contribution is -2.00. The zero-order valence-corrected chi connectivity index (χ0v) is 12.1. The van der Waals surface area contributed by atoms with Crippen LogP contribution < -0.4 is 0 Å². The zero-order chi connectivity index (χ0) is 14.7. The predicted molar refractivity (Wildman–Crippen MR) is 72.4 cm³/mol. The van der Waals surface area contributed by atoms with Crippen molar-refractivity contribution >= 4 is 18.0 Å². The van der Waals surface area contributed by atoms with Crippen LogP contribution in [0.2, 0.25) is 0 Å². The summed E-state index contributed by atoms with van der Waals surface area (Å²) in [6.07, 6.45) is 2.30. The van der Waals surface area contributed by atoms with Crippen molar-refractivity contribution < 1.29 is 8.78 Å². The fraction of sp³-hybridized carbons (Fsp3) is 0.455. The highest BCUT2D eigenvalue weighted by molar-refractivity contribution is 7.98. The van der Waals surface area contributed by atoms with E-state index in [1.807, 2.05) is 20.0 Å². The molecule has 108 valence electrons. The maximum absolute atomic E-state index is 12.8. The molecule has 9 heteroatoms. The molecule has 2 aromatic heterocycles. The van der Waals surface area contributed by atoms with Crippen molar-refractivity contribution in [2.45, 2.75) is 32.0 Å². The summed E-state index contributed by atoms with van der Waals surface area (Å²) >= 11 is 1.20. The van der Waals surface area contributed by atoms with E-state index in [0.717, 1.165) is 22.5 Å². The number of alkyl halides is 2. The van der Waals surface area contributed by atoms with E-state index < -0.39 is 12.2 Å². The number of rotatable bonds is 5. The maximum Gasteiger partial charge on any atom is 0.299 e. The Morgan fingerprint density at radius 2 is 2.20 bits per heavy atom. The van der Waals surface area contributed by atoms with Gasteiger partial charge in [-0.15, -0.1) is 10.2 Å². The highest BCUT2D eigenvalue weighted by Crippen LogP contribution is 2.21. The lowest BCUT2D eigenvalue weighted by Gasteiger charge is -2.00. The molecule has 0 aromatic carbocycles. The van der Waals surface area contributed by atoms with E-state index in [9.17, 15) is 8.78 Å². The summed E-state index contributed by atoms with van der Waals surface area (Å²) in [5.74, 6) is -0.467. The molecule has 0 aliphatic rings. The molecule has 0 aliphatic carbocycles. The van der Waals surface area contributed by atoms with Gasteiger partial charge in [-0.2, -0.15) is 14.9 Å². The second-order valence-corrected chi connectivity index (χ2v) is 4.70. The molecule has 0 atom stereocenters. The summed E-state index contributed by atoms with van der Waals surface area (Å²) < 4.78 is 28.4. The number of hydrogen-bond donors (Lipinski definition) is 0. The summed E-state index contributed by atoms with van der Waals surface area (Å²) in [5, 5.41) is 15.8. The van der Waals surface area contributed by atoms with Gasteiger partial charge in [0.1, 0.15) is 0 Å². The molecule has 0 fully saturated rings. The molecule has 0 saturated carbocycles. The predicted octanol–water partition coefficient (Wildman–Crippen LogP) is 2.34. The van der Waals surface area contributed by atoms with E-state index in [0.29, 0.717) is 5.16 Å². The van der Waals surface area contributed by atoms with E-state index in [-0.39, 0.29) is 0 Å². The summed E-state index contributed by atoms with van der Waals surface area (Å²) in [7, 11) is 0. The fourth-order valence-corrected chi connectivity index (χ4v) is 2.03. The quantitative estimate of drug-likeness (QED) is 0.628. The van der Waals surface area contributed by atoms with Crippen LogP contribution >= 0.6 is 11.8 Å². The van der Waals surface area contributed by atoms with Crippen molar-refractivity contribution in [2.75, 3.05) is 6.26 Å². The highest BCUT2D eigenvalue weighted by Gasteiger charge is 2.19. The van der Waals surface area contributed by atoms with Crippen molar-refractivity contribution in [1.29, 1.82) is 0 Å². The molecule has 20 heavy (non-hydrogen) atoms. The lowest BCUT2D eigenvalue weighted by molar-refractivity contribution is 0.135. The van der Waals surface area contributed by atoms with Crippen molar-refractivity contribution in [3.63, 3.8) is 0 Å². The third-order valence-corrected chi connectivity index (χ3v) is 3.25. The van der Waals surface area contributed by atoms with Gasteiger partial charge < -0.3 is 0 Å². The average molecular weight is 300 g/mol. The third kappa shape index (κ3) is 2.87. The minimum atomic E-state index is -2.72. The van der Waals surface area contributed by atoms with E-state index in [1.54, 1.807) is 10.9 Å². The zero-order valence-electron chi connectivity index (χ0n) is 11.3. The molecule has 2 heterocycles. The van der Waals surface area contributed by atoms with Crippen LogP contribution in [0.4, 0.5) is 8.78 Å². The van der Waals surface area contributed by atoms with E-state index >= 15 is 0 Å². The Balaban J connectivity index is 2.35. The number of nitrogens with zero attached hydrogens (tertiary/aromatic N) is 6. The Kier molecular flexibility index (Phi) is 4.48. The lowest BCUT2D eigenvalue weighted by atomic mass is 10.3. The monoisotopic (exact) mass is 300 g/mol. The minimum Gasteiger partial charge on any atom is -0.272 e. The van der Waals surface area contributed by atoms with E-state index in [4.69, 9.17) is 0 Å². The van der Waals surface area contributed by atoms with Gasteiger partial charge in [-0.25, -0.2) is 8.78 Å². The SMILES string of the molecule is CCn1cc(C=Nn2c(SC)nnc2C(F)F)c(C)n1. The maximum atomic E-state index is 12.8. The molecule has 0 radical (unpaired) electrons. The van der Waals surface area contributed by atoms with Gasteiger partial charge in [-0.3, -0.25) is 4.68 Å². The van der Waals surface area contributed by atoms with Gasteiger partial charge in [-0.05, 0) is 20.1 Å². The Labute approximate surface area is 118 Å². The van der Waals surface area contributed by atoms with Gasteiger partial charge >= 0.3 is 0 Å². The Morgan fingerprint density at radius 1 is 1.45 bits per heavy atom. The van der Waals surface area contributed by atoms with Crippen molar-refractivity contribution in [3.8, 4) is 0 Å². The Morgan fingerprint density at radius 3 is 2.75 bits per heavy atom. The number of halogens is 2. The first-order valence-corrected chi connectivity index (χ1v) is 7.15. The number of hydrogen-bond acceptors (Lipinski definition) is 5. The number of thioether (sulfide) groups is 1. The van der Waals surface area contributed by atoms with Crippen LogP contribution in [-0.4, -0.2) is 37.1 Å². The fourth-order valence-electron chi connectivity index (χ4n) is 1.59. The Hall–Kier alpha value is -1.77. The first kappa shape index (κ1) is 14.6. The van der Waals surface area contributed by atoms with Gasteiger partial charge in [-0.1, -0.05) is 11.8 Å². The molecule has 2 rings (SSSR count). The summed E-state index contributed by atoms with van der Waals surface area (Å²) in [6, 6.07) is 0. The standard InChI is InChI=1S/C11H14F2N6S/c1-4-18-6-8(7(2)17-18)5-14-19-10(9(12)13)15-16-11(19)20-3/h5-6,9H,4H2,1-3H3. The van der Waals surface area contributed by atoms with Crippen LogP contribution in [0.3, 0.4) is 0 Å². The van der Waals surface area contributed by atoms with Crippen molar-refractivity contribution in [3.05, 3.63) is 23.3 Å². The summed E-state index contributed by atoms with van der Waals surface area (Å²) in [4.78, 5) is 0. The van der Waals surface area contributed by atoms with Gasteiger partial charge in [0.15, 0.2) is 0 Å². The minimum absolute atomic E-state index is 0.317. The molecule has 0 unspecified atom stereocenters. The summed E-state index contributed by atoms with van der Waals surface area (Å²) in [6.45, 7) is 4.54. The first-order chi connectivity index (χ1) is 9.56. The molecule has 0 aliphatic heterocycles. The molecule has 0 bridgehead atoms. The van der Waals surface area contributed by atoms with Gasteiger partial charge in [0, 0.05) is 18.3 Å². The average Bonchev–Trinajstić information content (AvgIpc) is 2.99. The second-order valence-electron chi connectivity index (χ2n) is 3.93. The largest absolute Gasteiger partial charge is 0.299 e. The van der Waals surface area contributed by atoms with Crippen molar-refractivity contribution in [2.24, 2.45) is 5.10 Å². The van der Waals surface area contributed by atoms with E-state index in [1.165, 1.54) is 18.0 Å². The first-order valence-electron chi connectivity index (χ1n) is 5.92. The highest BCUT2D eigenvalue weighted by atomic mass is 32.2. The Bertz CT molecular complexity index is 618. The second kappa shape index (κ2) is 6.12. The van der Waals surface area contributed by atoms with Crippen LogP contribution in [-0.2, 0) is 6.54 Å². The van der Waals surface area contributed by atoms with Gasteiger partial charge in [0.2, 0.25) is 11.0 Å². The molecule has 0 saturated heterocycles. The molecular formula is C11H14F2N6S. The summed E-state index contributed by atoms with van der Waals surface area (Å²) in [5.41, 5.74) is 1.56. The van der Waals surface area contributed by atoms with Crippen LogP contribution in [0.1, 0.15) is 30.4 Å². The van der Waals surface area contributed by atoms with Crippen LogP contribution in [0, 0.1) is 6.92 Å². The molecular weight excluding hydrogens is 286 g/mol. The molecule has 0 N–H and O–H groups in total. The van der Waals surface area contributed by atoms with Crippen LogP contribution in [0.5, 0.6) is 0 Å². The molecule has 6 nitrogen and oxygen atoms in total. The van der Waals surface area contributed by atoms with Gasteiger partial charge in [0.05, 0.1) is 11.9 Å². The van der Waals surface area contributed by atoms with Crippen molar-refractivity contribution in [1.82, 2.24) is 24.7 Å². The van der Waals surface area contributed by atoms with Crippen LogP contribution in [0.25, 0.3) is 0 Å². The number of aryl methyl sites for hydroxylation is 2. The molecule has 0 amide bonds. The number of aromatic nitrogens is 5. The van der Waals surface area contributed by atoms with E-state index in [2.05, 4.69) is 20.4 Å². The normalized spacial score (nSPS) is 11.9. The van der Waals surface area contributed by atoms with Crippen LogP contribution in [0.15, 0.2) is 16.5 Å². The third-order valence-electron chi connectivity index (χ3n) is 2.63. The molecule has 0 spiro atoms. The van der Waals surface area contributed by atoms with Gasteiger partial charge in [0.25, 0.3) is 6.43 Å².